The van der Waals surface area contributed by atoms with Crippen LogP contribution in [0, 0.1) is 0 Å². The van der Waals surface area contributed by atoms with Crippen molar-refractivity contribution in [3.8, 4) is 0 Å². The molecular formula is C9H13NSSi. The van der Waals surface area contributed by atoms with Crippen LogP contribution in [0.15, 0.2) is 29.2 Å². The van der Waals surface area contributed by atoms with Crippen molar-refractivity contribution in [3.63, 3.8) is 0 Å². The van der Waals surface area contributed by atoms with Crippen LogP contribution in [0.2, 0.25) is 13.1 Å². The van der Waals surface area contributed by atoms with Gasteiger partial charge in [-0.25, -0.2) is 0 Å². The summed E-state index contributed by atoms with van der Waals surface area (Å²) < 4.78 is 2.47. The second kappa shape index (κ2) is 2.54. The van der Waals surface area contributed by atoms with E-state index in [1.807, 2.05) is 0 Å². The predicted octanol–water partition coefficient (Wildman–Crippen LogP) is 2.93. The lowest BCUT2D eigenvalue weighted by atomic mass is 10.3. The highest BCUT2D eigenvalue weighted by Gasteiger charge is 2.36. The van der Waals surface area contributed by atoms with Crippen molar-refractivity contribution in [1.82, 2.24) is 0 Å². The van der Waals surface area contributed by atoms with Crippen LogP contribution < -0.4 is 4.57 Å². The molecule has 2 rings (SSSR count). The first-order valence-electron chi connectivity index (χ1n) is 4.13. The highest BCUT2D eigenvalue weighted by molar-refractivity contribution is 8.29. The smallest absolute Gasteiger partial charge is 0.217 e. The topological polar surface area (TPSA) is 3.24 Å². The minimum absolute atomic E-state index is 1.20. The second-order valence-corrected chi connectivity index (χ2v) is 11.4. The van der Waals surface area contributed by atoms with Gasteiger partial charge in [0.2, 0.25) is 7.38 Å². The Balaban J connectivity index is 2.49. The molecule has 3 heteroatoms. The molecular weight excluding hydrogens is 182 g/mol. The fourth-order valence-corrected chi connectivity index (χ4v) is 6.27. The largest absolute Gasteiger partial charge is 0.391 e. The van der Waals surface area contributed by atoms with Gasteiger partial charge >= 0.3 is 0 Å². The van der Waals surface area contributed by atoms with Gasteiger partial charge in [-0.3, -0.25) is 0 Å². The van der Waals surface area contributed by atoms with Gasteiger partial charge in [0, 0.05) is 10.6 Å². The minimum Gasteiger partial charge on any atom is -0.391 e. The van der Waals surface area contributed by atoms with Crippen molar-refractivity contribution in [2.24, 2.45) is 0 Å². The standard InChI is InChI=1S/C9H13NSSi/c1-10-8-6-4-5-7-9(8)11-12(10,2)3/h4-7H,1-3H3. The quantitative estimate of drug-likeness (QED) is 0.586. The van der Waals surface area contributed by atoms with E-state index in [0.717, 1.165) is 0 Å². The molecule has 0 atom stereocenters. The molecule has 1 aromatic rings. The Bertz CT molecular complexity index is 311. The lowest BCUT2D eigenvalue weighted by molar-refractivity contribution is 1.25. The molecule has 64 valence electrons. The molecule has 0 aliphatic carbocycles. The number of benzene rings is 1. The Kier molecular flexibility index (Phi) is 1.73. The molecule has 0 amide bonds. The summed E-state index contributed by atoms with van der Waals surface area (Å²) in [5, 5.41) is 0. The number of hydrogen-bond donors (Lipinski definition) is 0. The first kappa shape index (κ1) is 8.20. The summed E-state index contributed by atoms with van der Waals surface area (Å²) >= 11 is 2.07. The van der Waals surface area contributed by atoms with E-state index in [4.69, 9.17) is 0 Å². The summed E-state index contributed by atoms with van der Waals surface area (Å²) in [5.74, 6) is 0. The summed E-state index contributed by atoms with van der Waals surface area (Å²) in [6.45, 7) is 4.77. The van der Waals surface area contributed by atoms with Crippen LogP contribution in [0.4, 0.5) is 5.69 Å². The molecule has 1 heterocycles. The highest BCUT2D eigenvalue weighted by atomic mass is 32.4. The molecule has 0 spiro atoms. The van der Waals surface area contributed by atoms with Crippen LogP contribution in [-0.2, 0) is 0 Å². The molecule has 1 aliphatic rings. The zero-order valence-corrected chi connectivity index (χ0v) is 9.48. The molecule has 0 radical (unpaired) electrons. The van der Waals surface area contributed by atoms with E-state index in [2.05, 4.69) is 60.2 Å². The van der Waals surface area contributed by atoms with Gasteiger partial charge in [0.25, 0.3) is 0 Å². The second-order valence-electron chi connectivity index (χ2n) is 3.58. The number of nitrogens with zero attached hydrogens (tertiary/aromatic N) is 1. The fourth-order valence-electron chi connectivity index (χ4n) is 1.45. The maximum Gasteiger partial charge on any atom is 0.217 e. The van der Waals surface area contributed by atoms with E-state index in [1.165, 1.54) is 10.6 Å². The van der Waals surface area contributed by atoms with E-state index >= 15 is 0 Å². The number of fused-ring (bicyclic) bond motifs is 1. The lowest BCUT2D eigenvalue weighted by Crippen LogP contribution is -2.39. The van der Waals surface area contributed by atoms with Crippen molar-refractivity contribution in [2.45, 2.75) is 18.0 Å². The summed E-state index contributed by atoms with van der Waals surface area (Å²) in [6, 6.07) is 8.67. The van der Waals surface area contributed by atoms with Crippen LogP contribution in [0.1, 0.15) is 0 Å². The summed E-state index contributed by atoms with van der Waals surface area (Å²) in [6.07, 6.45) is 0. The third kappa shape index (κ3) is 1.08. The predicted molar refractivity (Wildman–Crippen MR) is 58.2 cm³/mol. The van der Waals surface area contributed by atoms with E-state index in [1.54, 1.807) is 0 Å². The molecule has 0 bridgehead atoms. The maximum atomic E-state index is 2.47. The summed E-state index contributed by atoms with van der Waals surface area (Å²) in [5.41, 5.74) is 1.42. The van der Waals surface area contributed by atoms with Gasteiger partial charge < -0.3 is 4.57 Å². The molecule has 0 saturated heterocycles. The van der Waals surface area contributed by atoms with Crippen LogP contribution in [0.25, 0.3) is 0 Å². The van der Waals surface area contributed by atoms with Gasteiger partial charge in [-0.1, -0.05) is 12.1 Å². The minimum atomic E-state index is -1.20. The number of rotatable bonds is 0. The van der Waals surface area contributed by atoms with Crippen molar-refractivity contribution in [2.75, 3.05) is 11.6 Å². The lowest BCUT2D eigenvalue weighted by Gasteiger charge is -2.26. The molecule has 0 unspecified atom stereocenters. The van der Waals surface area contributed by atoms with Gasteiger partial charge in [0.15, 0.2) is 0 Å². The number of para-hydroxylation sites is 1. The van der Waals surface area contributed by atoms with Crippen LogP contribution in [0.3, 0.4) is 0 Å². The van der Waals surface area contributed by atoms with Crippen LogP contribution >= 0.6 is 11.2 Å². The Morgan fingerprint density at radius 3 is 2.58 bits per heavy atom. The van der Waals surface area contributed by atoms with Crippen LogP contribution in [-0.4, -0.2) is 14.4 Å². The van der Waals surface area contributed by atoms with Crippen molar-refractivity contribution >= 4 is 24.3 Å². The number of hydrogen-bond acceptors (Lipinski definition) is 2. The monoisotopic (exact) mass is 195 g/mol. The average molecular weight is 195 g/mol. The summed E-state index contributed by atoms with van der Waals surface area (Å²) in [7, 11) is 1.02. The zero-order valence-electron chi connectivity index (χ0n) is 7.66. The first-order chi connectivity index (χ1) is 5.61. The van der Waals surface area contributed by atoms with Gasteiger partial charge in [-0.2, -0.15) is 0 Å². The highest BCUT2D eigenvalue weighted by Crippen LogP contribution is 2.45. The fraction of sp³-hybridized carbons (Fsp3) is 0.333. The zero-order chi connectivity index (χ0) is 8.77. The van der Waals surface area contributed by atoms with E-state index in [9.17, 15) is 0 Å². The summed E-state index contributed by atoms with van der Waals surface area (Å²) in [4.78, 5) is 1.46. The third-order valence-electron chi connectivity index (χ3n) is 2.39. The Hall–Kier alpha value is -0.413. The van der Waals surface area contributed by atoms with Crippen molar-refractivity contribution in [1.29, 1.82) is 0 Å². The van der Waals surface area contributed by atoms with Gasteiger partial charge in [0.1, 0.15) is 0 Å². The average Bonchev–Trinajstić information content (AvgIpc) is 2.24. The van der Waals surface area contributed by atoms with E-state index in [-0.39, 0.29) is 0 Å². The first-order valence-corrected chi connectivity index (χ1v) is 8.62. The van der Waals surface area contributed by atoms with E-state index < -0.39 is 7.38 Å². The van der Waals surface area contributed by atoms with Crippen LogP contribution in [0.5, 0.6) is 0 Å². The van der Waals surface area contributed by atoms with Crippen molar-refractivity contribution < 1.29 is 0 Å². The maximum absolute atomic E-state index is 2.47. The number of anilines is 1. The third-order valence-corrected chi connectivity index (χ3v) is 8.30. The Labute approximate surface area is 78.5 Å². The molecule has 0 aromatic heterocycles. The van der Waals surface area contributed by atoms with Gasteiger partial charge in [0.05, 0.1) is 0 Å². The van der Waals surface area contributed by atoms with Gasteiger partial charge in [-0.05, 0) is 32.3 Å². The molecule has 1 aliphatic heterocycles. The Morgan fingerprint density at radius 1 is 1.25 bits per heavy atom. The molecule has 0 fully saturated rings. The Morgan fingerprint density at radius 2 is 1.92 bits per heavy atom. The molecule has 1 aromatic carbocycles. The van der Waals surface area contributed by atoms with Crippen molar-refractivity contribution in [3.05, 3.63) is 24.3 Å². The normalized spacial score (nSPS) is 19.4. The molecule has 12 heavy (non-hydrogen) atoms. The molecule has 0 N–H and O–H groups in total. The van der Waals surface area contributed by atoms with Gasteiger partial charge in [-0.15, -0.1) is 11.2 Å². The molecule has 0 saturated carbocycles. The SMILES string of the molecule is CN1c2ccccc2S[Si]1(C)C. The molecule has 1 nitrogen and oxygen atoms in total. The van der Waals surface area contributed by atoms with E-state index in [0.29, 0.717) is 0 Å².